The second-order valence-electron chi connectivity index (χ2n) is 6.89. The van der Waals surface area contributed by atoms with E-state index in [0.29, 0.717) is 24.7 Å². The van der Waals surface area contributed by atoms with E-state index in [9.17, 15) is 13.2 Å². The first kappa shape index (κ1) is 19.9. The maximum absolute atomic E-state index is 13.3. The smallest absolute Gasteiger partial charge is 0.264 e. The van der Waals surface area contributed by atoms with Gasteiger partial charge in [-0.05, 0) is 49.1 Å². The molecule has 27 heavy (non-hydrogen) atoms. The standard InChI is InChI=1S/C20H23BrN2O3S/c1-16-7-6-12-22(14-16)20(24)15-23(18-9-5-8-17(21)13-18)27(25,26)19-10-3-2-4-11-19/h2-5,8-11,13,16H,6-7,12,14-15H2,1H3. The molecule has 0 aliphatic carbocycles. The van der Waals surface area contributed by atoms with Gasteiger partial charge in [-0.3, -0.25) is 9.10 Å². The maximum atomic E-state index is 13.3. The average Bonchev–Trinajstić information content (AvgIpc) is 2.66. The summed E-state index contributed by atoms with van der Waals surface area (Å²) in [6.07, 6.45) is 2.05. The van der Waals surface area contributed by atoms with Gasteiger partial charge in [0.25, 0.3) is 10.0 Å². The second kappa shape index (κ2) is 8.44. The highest BCUT2D eigenvalue weighted by Crippen LogP contribution is 2.27. The lowest BCUT2D eigenvalue weighted by atomic mass is 10.0. The van der Waals surface area contributed by atoms with E-state index in [2.05, 4.69) is 22.9 Å². The zero-order valence-electron chi connectivity index (χ0n) is 15.2. The topological polar surface area (TPSA) is 57.7 Å². The number of amides is 1. The van der Waals surface area contributed by atoms with E-state index in [1.165, 1.54) is 4.31 Å². The van der Waals surface area contributed by atoms with Crippen molar-refractivity contribution in [3.8, 4) is 0 Å². The van der Waals surface area contributed by atoms with Gasteiger partial charge in [-0.15, -0.1) is 0 Å². The van der Waals surface area contributed by atoms with Crippen molar-refractivity contribution < 1.29 is 13.2 Å². The first-order valence-corrected chi connectivity index (χ1v) is 11.2. The molecule has 0 aromatic heterocycles. The highest BCUT2D eigenvalue weighted by Gasteiger charge is 2.30. The Bertz CT molecular complexity index is 902. The molecule has 1 aliphatic heterocycles. The van der Waals surface area contributed by atoms with Crippen LogP contribution in [0.3, 0.4) is 0 Å². The fourth-order valence-corrected chi connectivity index (χ4v) is 5.12. The summed E-state index contributed by atoms with van der Waals surface area (Å²) in [5.41, 5.74) is 0.464. The molecule has 1 fully saturated rings. The Kier molecular flexibility index (Phi) is 6.22. The third-order valence-electron chi connectivity index (χ3n) is 4.72. The van der Waals surface area contributed by atoms with E-state index in [-0.39, 0.29) is 17.3 Å². The summed E-state index contributed by atoms with van der Waals surface area (Å²) in [4.78, 5) is 14.8. The van der Waals surface area contributed by atoms with E-state index in [1.54, 1.807) is 53.4 Å². The van der Waals surface area contributed by atoms with E-state index in [0.717, 1.165) is 17.3 Å². The summed E-state index contributed by atoms with van der Waals surface area (Å²) < 4.78 is 28.5. The van der Waals surface area contributed by atoms with Gasteiger partial charge < -0.3 is 4.90 Å². The zero-order chi connectivity index (χ0) is 19.4. The Morgan fingerprint density at radius 3 is 2.59 bits per heavy atom. The zero-order valence-corrected chi connectivity index (χ0v) is 17.6. The highest BCUT2D eigenvalue weighted by atomic mass is 79.9. The molecule has 2 aromatic carbocycles. The van der Waals surface area contributed by atoms with Crippen LogP contribution >= 0.6 is 15.9 Å². The number of nitrogens with zero attached hydrogens (tertiary/aromatic N) is 2. The van der Waals surface area contributed by atoms with Gasteiger partial charge in [0.1, 0.15) is 6.54 Å². The average molecular weight is 451 g/mol. The summed E-state index contributed by atoms with van der Waals surface area (Å²) in [6, 6.07) is 15.2. The fraction of sp³-hybridized carbons (Fsp3) is 0.350. The molecule has 1 saturated heterocycles. The number of likely N-dealkylation sites (tertiary alicyclic amines) is 1. The number of hydrogen-bond donors (Lipinski definition) is 0. The molecule has 1 atom stereocenters. The van der Waals surface area contributed by atoms with Crippen LogP contribution in [0.4, 0.5) is 5.69 Å². The summed E-state index contributed by atoms with van der Waals surface area (Å²) in [6.45, 7) is 3.27. The second-order valence-corrected chi connectivity index (χ2v) is 9.67. The van der Waals surface area contributed by atoms with Gasteiger partial charge in [0.05, 0.1) is 10.6 Å². The van der Waals surface area contributed by atoms with Gasteiger partial charge in [0, 0.05) is 17.6 Å². The Morgan fingerprint density at radius 1 is 1.19 bits per heavy atom. The van der Waals surface area contributed by atoms with Crippen LogP contribution in [-0.4, -0.2) is 38.9 Å². The largest absolute Gasteiger partial charge is 0.341 e. The molecule has 0 bridgehead atoms. The number of sulfonamides is 1. The van der Waals surface area contributed by atoms with Gasteiger partial charge >= 0.3 is 0 Å². The molecule has 7 heteroatoms. The van der Waals surface area contributed by atoms with E-state index >= 15 is 0 Å². The van der Waals surface area contributed by atoms with Gasteiger partial charge in [0.2, 0.25) is 5.91 Å². The Morgan fingerprint density at radius 2 is 1.93 bits per heavy atom. The number of rotatable bonds is 5. The van der Waals surface area contributed by atoms with Crippen LogP contribution in [0.5, 0.6) is 0 Å². The van der Waals surface area contributed by atoms with Crippen molar-refractivity contribution in [1.29, 1.82) is 0 Å². The lowest BCUT2D eigenvalue weighted by Crippen LogP contribution is -2.46. The molecule has 1 heterocycles. The summed E-state index contributed by atoms with van der Waals surface area (Å²) >= 11 is 3.39. The first-order valence-electron chi connectivity index (χ1n) is 8.99. The van der Waals surface area contributed by atoms with Crippen LogP contribution in [0.25, 0.3) is 0 Å². The number of carbonyl (C=O) groups is 1. The van der Waals surface area contributed by atoms with Crippen molar-refractivity contribution in [2.45, 2.75) is 24.7 Å². The van der Waals surface area contributed by atoms with Crippen molar-refractivity contribution in [3.63, 3.8) is 0 Å². The van der Waals surface area contributed by atoms with Crippen molar-refractivity contribution >= 4 is 37.5 Å². The van der Waals surface area contributed by atoms with Gasteiger partial charge in [-0.1, -0.05) is 47.1 Å². The quantitative estimate of drug-likeness (QED) is 0.693. The molecule has 3 rings (SSSR count). The molecule has 0 saturated carbocycles. The fourth-order valence-electron chi connectivity index (χ4n) is 3.30. The molecular weight excluding hydrogens is 428 g/mol. The number of halogens is 1. The van der Waals surface area contributed by atoms with Crippen LogP contribution in [0.15, 0.2) is 64.0 Å². The molecule has 144 valence electrons. The minimum Gasteiger partial charge on any atom is -0.341 e. The first-order chi connectivity index (χ1) is 12.9. The predicted octanol–water partition coefficient (Wildman–Crippen LogP) is 3.90. The van der Waals surface area contributed by atoms with Gasteiger partial charge in [-0.25, -0.2) is 8.42 Å². The Hall–Kier alpha value is -1.86. The summed E-state index contributed by atoms with van der Waals surface area (Å²) in [5, 5.41) is 0. The summed E-state index contributed by atoms with van der Waals surface area (Å²) in [5.74, 6) is 0.272. The van der Waals surface area contributed by atoms with Crippen LogP contribution in [0.2, 0.25) is 0 Å². The van der Waals surface area contributed by atoms with Crippen molar-refractivity contribution in [2.75, 3.05) is 23.9 Å². The van der Waals surface area contributed by atoms with Crippen molar-refractivity contribution in [3.05, 3.63) is 59.1 Å². The van der Waals surface area contributed by atoms with Gasteiger partial charge in [0.15, 0.2) is 0 Å². The van der Waals surface area contributed by atoms with E-state index < -0.39 is 10.0 Å². The number of anilines is 1. The summed E-state index contributed by atoms with van der Waals surface area (Å²) in [7, 11) is -3.85. The lowest BCUT2D eigenvalue weighted by molar-refractivity contribution is -0.131. The minimum absolute atomic E-state index is 0.166. The molecule has 5 nitrogen and oxygen atoms in total. The highest BCUT2D eigenvalue weighted by molar-refractivity contribution is 9.10. The monoisotopic (exact) mass is 450 g/mol. The maximum Gasteiger partial charge on any atom is 0.264 e. The van der Waals surface area contributed by atoms with Crippen molar-refractivity contribution in [2.24, 2.45) is 5.92 Å². The predicted molar refractivity (Wildman–Crippen MR) is 110 cm³/mol. The molecule has 0 radical (unpaired) electrons. The van der Waals surface area contributed by atoms with Crippen LogP contribution < -0.4 is 4.31 Å². The molecule has 0 spiro atoms. The molecule has 1 aliphatic rings. The van der Waals surface area contributed by atoms with E-state index in [4.69, 9.17) is 0 Å². The third-order valence-corrected chi connectivity index (χ3v) is 7.00. The SMILES string of the molecule is CC1CCCN(C(=O)CN(c2cccc(Br)c2)S(=O)(=O)c2ccccc2)C1. The number of carbonyl (C=O) groups excluding carboxylic acids is 1. The van der Waals surface area contributed by atoms with E-state index in [1.807, 2.05) is 6.07 Å². The number of hydrogen-bond acceptors (Lipinski definition) is 3. The lowest BCUT2D eigenvalue weighted by Gasteiger charge is -2.33. The molecular formula is C20H23BrN2O3S. The van der Waals surface area contributed by atoms with Crippen LogP contribution in [0.1, 0.15) is 19.8 Å². The molecule has 2 aromatic rings. The van der Waals surface area contributed by atoms with Crippen LogP contribution in [0, 0.1) is 5.92 Å². The minimum atomic E-state index is -3.85. The molecule has 1 unspecified atom stereocenters. The third kappa shape index (κ3) is 4.71. The number of benzene rings is 2. The van der Waals surface area contributed by atoms with Crippen molar-refractivity contribution in [1.82, 2.24) is 4.90 Å². The Balaban J connectivity index is 1.94. The van der Waals surface area contributed by atoms with Crippen LogP contribution in [-0.2, 0) is 14.8 Å². The Labute approximate surface area is 169 Å². The molecule has 1 amide bonds. The van der Waals surface area contributed by atoms with Gasteiger partial charge in [-0.2, -0.15) is 0 Å². The molecule has 0 N–H and O–H groups in total. The normalized spacial score (nSPS) is 17.6. The number of piperidine rings is 1.